The summed E-state index contributed by atoms with van der Waals surface area (Å²) in [7, 11) is 0. The second kappa shape index (κ2) is 12.9. The molecule has 0 radical (unpaired) electrons. The molecule has 3 amide bonds. The van der Waals surface area contributed by atoms with E-state index in [-0.39, 0.29) is 11.8 Å². The molecule has 1 fully saturated rings. The summed E-state index contributed by atoms with van der Waals surface area (Å²) in [5, 5.41) is 16.2. The Kier molecular flexibility index (Phi) is 9.90. The number of likely N-dealkylation sites (tertiary alicyclic amines) is 1. The summed E-state index contributed by atoms with van der Waals surface area (Å²) < 4.78 is 0. The zero-order valence-electron chi connectivity index (χ0n) is 22.7. The number of aliphatic carboxylic acids is 1. The number of nitrogens with zero attached hydrogens (tertiary/aromatic N) is 1. The van der Waals surface area contributed by atoms with Gasteiger partial charge in [-0.2, -0.15) is 0 Å². The van der Waals surface area contributed by atoms with E-state index in [4.69, 9.17) is 5.73 Å². The molecule has 0 saturated carbocycles. The van der Waals surface area contributed by atoms with E-state index in [9.17, 15) is 24.3 Å². The van der Waals surface area contributed by atoms with E-state index >= 15 is 0 Å². The highest BCUT2D eigenvalue weighted by Crippen LogP contribution is 2.22. The molecule has 0 bridgehead atoms. The van der Waals surface area contributed by atoms with Crippen LogP contribution >= 0.6 is 0 Å². The molecule has 10 nitrogen and oxygen atoms in total. The number of hydrogen-bond acceptors (Lipinski definition) is 5. The third-order valence-electron chi connectivity index (χ3n) is 7.39. The first-order valence-corrected chi connectivity index (χ1v) is 13.5. The molecule has 0 spiro atoms. The average molecular weight is 528 g/mol. The van der Waals surface area contributed by atoms with Gasteiger partial charge in [-0.1, -0.05) is 52.3 Å². The summed E-state index contributed by atoms with van der Waals surface area (Å²) in [5.41, 5.74) is 8.12. The average Bonchev–Trinajstić information content (AvgIpc) is 3.53. The normalized spacial score (nSPS) is 18.7. The zero-order valence-corrected chi connectivity index (χ0v) is 22.7. The van der Waals surface area contributed by atoms with Crippen molar-refractivity contribution in [1.82, 2.24) is 20.5 Å². The number of nitrogens with two attached hydrogens (primary N) is 1. The predicted molar refractivity (Wildman–Crippen MR) is 145 cm³/mol. The molecule has 1 aliphatic heterocycles. The van der Waals surface area contributed by atoms with Crippen molar-refractivity contribution in [2.24, 2.45) is 17.6 Å². The second-order valence-electron chi connectivity index (χ2n) is 10.8. The molecule has 10 heteroatoms. The number of carboxylic acids is 1. The van der Waals surface area contributed by atoms with E-state index in [1.165, 1.54) is 4.90 Å². The van der Waals surface area contributed by atoms with Gasteiger partial charge in [0.25, 0.3) is 0 Å². The van der Waals surface area contributed by atoms with Crippen LogP contribution in [0, 0.1) is 11.8 Å². The number of nitrogens with one attached hydrogen (secondary N) is 3. The number of fused-ring (bicyclic) bond motifs is 1. The van der Waals surface area contributed by atoms with Crippen LogP contribution in [0.3, 0.4) is 0 Å². The van der Waals surface area contributed by atoms with Gasteiger partial charge in [0, 0.05) is 23.6 Å². The third kappa shape index (κ3) is 6.92. The molecule has 0 aliphatic carbocycles. The summed E-state index contributed by atoms with van der Waals surface area (Å²) in [6.07, 6.45) is 4.10. The summed E-state index contributed by atoms with van der Waals surface area (Å²) >= 11 is 0. The Hall–Kier alpha value is -3.40. The minimum Gasteiger partial charge on any atom is -0.480 e. The van der Waals surface area contributed by atoms with Crippen molar-refractivity contribution in [2.45, 2.75) is 84.0 Å². The number of carbonyl (C=O) groups excluding carboxylic acids is 3. The molecular formula is C28H41N5O5. The van der Waals surface area contributed by atoms with Crippen LogP contribution in [0.2, 0.25) is 0 Å². The van der Waals surface area contributed by atoms with E-state index < -0.39 is 47.9 Å². The van der Waals surface area contributed by atoms with E-state index in [0.29, 0.717) is 38.6 Å². The highest BCUT2D eigenvalue weighted by Gasteiger charge is 2.40. The summed E-state index contributed by atoms with van der Waals surface area (Å²) in [4.78, 5) is 56.1. The molecule has 2 heterocycles. The topological polar surface area (TPSA) is 158 Å². The third-order valence-corrected chi connectivity index (χ3v) is 7.39. The monoisotopic (exact) mass is 527 g/mol. The van der Waals surface area contributed by atoms with Gasteiger partial charge in [0.2, 0.25) is 17.7 Å². The summed E-state index contributed by atoms with van der Waals surface area (Å²) in [6, 6.07) is 4.22. The van der Waals surface area contributed by atoms with Gasteiger partial charge in [-0.25, -0.2) is 4.79 Å². The molecule has 1 aromatic heterocycles. The Morgan fingerprint density at radius 3 is 2.50 bits per heavy atom. The number of carbonyl (C=O) groups is 4. The first kappa shape index (κ1) is 29.2. The fourth-order valence-corrected chi connectivity index (χ4v) is 5.01. The highest BCUT2D eigenvalue weighted by atomic mass is 16.4. The van der Waals surface area contributed by atoms with E-state index in [1.54, 1.807) is 0 Å². The molecule has 3 rings (SSSR count). The SMILES string of the molecule is CCC(C)C(NC(=O)C(CC(C)C)NC(=O)C(N)Cc1c[nH]c2ccccc12)C(=O)N1CCCC1C(=O)O. The van der Waals surface area contributed by atoms with Crippen molar-refractivity contribution >= 4 is 34.6 Å². The Bertz CT molecular complexity index is 1150. The van der Waals surface area contributed by atoms with Gasteiger partial charge in [0.1, 0.15) is 18.1 Å². The molecule has 1 saturated heterocycles. The number of H-pyrrole nitrogens is 1. The van der Waals surface area contributed by atoms with Gasteiger partial charge in [-0.05, 0) is 49.1 Å². The second-order valence-corrected chi connectivity index (χ2v) is 10.8. The minimum absolute atomic E-state index is 0.0867. The fraction of sp³-hybridized carbons (Fsp3) is 0.571. The number of aromatic nitrogens is 1. The van der Waals surface area contributed by atoms with Gasteiger partial charge >= 0.3 is 5.97 Å². The number of carboxylic acid groups (broad SMARTS) is 1. The lowest BCUT2D eigenvalue weighted by Crippen LogP contribution is -2.59. The van der Waals surface area contributed by atoms with Crippen molar-refractivity contribution in [3.63, 3.8) is 0 Å². The van der Waals surface area contributed by atoms with Crippen LogP contribution in [0.5, 0.6) is 0 Å². The van der Waals surface area contributed by atoms with E-state index in [0.717, 1.165) is 16.5 Å². The molecule has 5 unspecified atom stereocenters. The molecule has 5 atom stereocenters. The Morgan fingerprint density at radius 2 is 1.84 bits per heavy atom. The Labute approximate surface area is 223 Å². The van der Waals surface area contributed by atoms with Crippen molar-refractivity contribution in [3.05, 3.63) is 36.0 Å². The Balaban J connectivity index is 1.72. The van der Waals surface area contributed by atoms with Crippen LogP contribution in [0.4, 0.5) is 0 Å². The number of hydrogen-bond donors (Lipinski definition) is 5. The van der Waals surface area contributed by atoms with Crippen molar-refractivity contribution in [3.8, 4) is 0 Å². The molecule has 1 aromatic carbocycles. The fourth-order valence-electron chi connectivity index (χ4n) is 5.01. The number of para-hydroxylation sites is 1. The van der Waals surface area contributed by atoms with Crippen LogP contribution in [0.1, 0.15) is 58.9 Å². The maximum atomic E-state index is 13.4. The first-order valence-electron chi connectivity index (χ1n) is 13.5. The van der Waals surface area contributed by atoms with Gasteiger partial charge in [0.05, 0.1) is 6.04 Å². The maximum Gasteiger partial charge on any atom is 0.326 e. The van der Waals surface area contributed by atoms with Crippen LogP contribution in [-0.2, 0) is 25.6 Å². The van der Waals surface area contributed by atoms with Gasteiger partial charge < -0.3 is 31.4 Å². The standard InChI is InChI=1S/C28H41N5O5/c1-5-17(4)24(27(36)33-12-8-11-23(33)28(37)38)32-26(35)22(13-16(2)3)31-25(34)20(29)14-18-15-30-21-10-7-6-9-19(18)21/h6-7,9-10,15-17,20,22-24,30H,5,8,11-14,29H2,1-4H3,(H,31,34)(H,32,35)(H,37,38). The minimum atomic E-state index is -1.04. The van der Waals surface area contributed by atoms with Crippen LogP contribution < -0.4 is 16.4 Å². The number of amides is 3. The maximum absolute atomic E-state index is 13.4. The van der Waals surface area contributed by atoms with E-state index in [2.05, 4.69) is 15.6 Å². The lowest BCUT2D eigenvalue weighted by Gasteiger charge is -2.32. The van der Waals surface area contributed by atoms with Crippen molar-refractivity contribution in [2.75, 3.05) is 6.54 Å². The molecule has 1 aliphatic rings. The zero-order chi connectivity index (χ0) is 28.0. The van der Waals surface area contributed by atoms with Crippen molar-refractivity contribution in [1.29, 1.82) is 0 Å². The lowest BCUT2D eigenvalue weighted by atomic mass is 9.95. The van der Waals surface area contributed by atoms with E-state index in [1.807, 2.05) is 58.2 Å². The van der Waals surface area contributed by atoms with Gasteiger partial charge in [0.15, 0.2) is 0 Å². The van der Waals surface area contributed by atoms with Gasteiger partial charge in [-0.15, -0.1) is 0 Å². The predicted octanol–water partition coefficient (Wildman–Crippen LogP) is 2.18. The number of benzene rings is 1. The highest BCUT2D eigenvalue weighted by molar-refractivity contribution is 5.94. The van der Waals surface area contributed by atoms with Crippen molar-refractivity contribution < 1.29 is 24.3 Å². The van der Waals surface area contributed by atoms with Gasteiger partial charge in [-0.3, -0.25) is 14.4 Å². The molecule has 6 N–H and O–H groups in total. The lowest BCUT2D eigenvalue weighted by molar-refractivity contribution is -0.150. The first-order chi connectivity index (χ1) is 18.0. The molecule has 2 aromatic rings. The largest absolute Gasteiger partial charge is 0.480 e. The summed E-state index contributed by atoms with van der Waals surface area (Å²) in [6.45, 7) is 7.98. The molecule has 38 heavy (non-hydrogen) atoms. The van der Waals surface area contributed by atoms with Crippen LogP contribution in [0.15, 0.2) is 30.5 Å². The number of rotatable bonds is 12. The summed E-state index contributed by atoms with van der Waals surface area (Å²) in [5.74, 6) is -2.50. The smallest absolute Gasteiger partial charge is 0.326 e. The molecule has 208 valence electrons. The quantitative estimate of drug-likeness (QED) is 0.285. The number of aromatic amines is 1. The van der Waals surface area contributed by atoms with Crippen LogP contribution in [0.25, 0.3) is 10.9 Å². The van der Waals surface area contributed by atoms with Crippen LogP contribution in [-0.4, -0.2) is 69.4 Å². The molecular weight excluding hydrogens is 486 g/mol. The Morgan fingerprint density at radius 1 is 1.13 bits per heavy atom.